The molecule has 1 fully saturated rings. The van der Waals surface area contributed by atoms with E-state index in [4.69, 9.17) is 10.7 Å². The zero-order valence-electron chi connectivity index (χ0n) is 13.1. The second-order valence-corrected chi connectivity index (χ2v) is 7.72. The van der Waals surface area contributed by atoms with Gasteiger partial charge in [0.05, 0.1) is 11.0 Å². The Hall–Kier alpha value is -0.870. The summed E-state index contributed by atoms with van der Waals surface area (Å²) in [7, 11) is 0. The second kappa shape index (κ2) is 5.40. The van der Waals surface area contributed by atoms with Gasteiger partial charge in [0.2, 0.25) is 0 Å². The molecule has 3 rings (SSSR count). The van der Waals surface area contributed by atoms with Gasteiger partial charge in [-0.05, 0) is 44.9 Å². The van der Waals surface area contributed by atoms with Crippen LogP contribution in [0.2, 0.25) is 0 Å². The summed E-state index contributed by atoms with van der Waals surface area (Å²) in [6.45, 7) is 6.75. The quantitative estimate of drug-likeness (QED) is 0.864. The topological polar surface area (TPSA) is 43.8 Å². The van der Waals surface area contributed by atoms with Crippen LogP contribution in [0.1, 0.15) is 58.3 Å². The van der Waals surface area contributed by atoms with Crippen LogP contribution >= 0.6 is 15.9 Å². The minimum absolute atomic E-state index is 0.0198. The lowest BCUT2D eigenvalue weighted by Gasteiger charge is -2.39. The number of hydrogen-bond donors (Lipinski definition) is 1. The third-order valence-electron chi connectivity index (χ3n) is 4.96. The highest BCUT2D eigenvalue weighted by Gasteiger charge is 2.40. The van der Waals surface area contributed by atoms with Gasteiger partial charge in [-0.25, -0.2) is 4.98 Å². The maximum Gasteiger partial charge on any atom is 0.117 e. The average molecular weight is 350 g/mol. The molecule has 2 aromatic rings. The van der Waals surface area contributed by atoms with Gasteiger partial charge >= 0.3 is 0 Å². The number of halogens is 1. The van der Waals surface area contributed by atoms with Crippen molar-refractivity contribution in [2.45, 2.75) is 64.0 Å². The standard InChI is InChI=1S/C17H24BrN3/c1-11(2)21-14-8-7-12(18)10-13(14)20-16(21)17(3)9-5-4-6-15(17)19/h7-8,10-11,15H,4-6,9,19H2,1-3H3. The largest absolute Gasteiger partial charge is 0.327 e. The van der Waals surface area contributed by atoms with Crippen LogP contribution in [-0.4, -0.2) is 15.6 Å². The van der Waals surface area contributed by atoms with Crippen molar-refractivity contribution in [1.29, 1.82) is 0 Å². The monoisotopic (exact) mass is 349 g/mol. The first-order valence-corrected chi connectivity index (χ1v) is 8.66. The molecule has 114 valence electrons. The fraction of sp³-hybridized carbons (Fsp3) is 0.588. The number of nitrogens with zero attached hydrogens (tertiary/aromatic N) is 2. The first kappa shape index (κ1) is 15.0. The molecule has 1 aliphatic rings. The Morgan fingerprint density at radius 3 is 2.81 bits per heavy atom. The molecule has 0 saturated heterocycles. The molecule has 3 nitrogen and oxygen atoms in total. The summed E-state index contributed by atoms with van der Waals surface area (Å²) in [5.74, 6) is 1.16. The number of imidazole rings is 1. The van der Waals surface area contributed by atoms with E-state index in [9.17, 15) is 0 Å². The van der Waals surface area contributed by atoms with Gasteiger partial charge in [0, 0.05) is 22.0 Å². The SMILES string of the molecule is CC(C)n1c(C2(C)CCCCC2N)nc2cc(Br)ccc21. The minimum Gasteiger partial charge on any atom is -0.327 e. The van der Waals surface area contributed by atoms with Crippen LogP contribution in [0.25, 0.3) is 11.0 Å². The van der Waals surface area contributed by atoms with E-state index in [1.54, 1.807) is 0 Å². The van der Waals surface area contributed by atoms with Gasteiger partial charge in [-0.1, -0.05) is 35.7 Å². The Balaban J connectivity index is 2.23. The molecular weight excluding hydrogens is 326 g/mol. The summed E-state index contributed by atoms with van der Waals surface area (Å²) in [4.78, 5) is 4.99. The molecule has 2 N–H and O–H groups in total. The van der Waals surface area contributed by atoms with E-state index in [1.807, 2.05) is 0 Å². The van der Waals surface area contributed by atoms with Gasteiger partial charge in [-0.3, -0.25) is 0 Å². The summed E-state index contributed by atoms with van der Waals surface area (Å²) < 4.78 is 3.46. The van der Waals surface area contributed by atoms with E-state index in [2.05, 4.69) is 59.5 Å². The Morgan fingerprint density at radius 2 is 2.14 bits per heavy atom. The molecule has 0 bridgehead atoms. The molecule has 1 aromatic heterocycles. The molecule has 4 heteroatoms. The summed E-state index contributed by atoms with van der Waals surface area (Å²) in [5.41, 5.74) is 8.76. The van der Waals surface area contributed by atoms with Gasteiger partial charge in [0.15, 0.2) is 0 Å². The minimum atomic E-state index is -0.0198. The van der Waals surface area contributed by atoms with E-state index in [0.29, 0.717) is 6.04 Å². The summed E-state index contributed by atoms with van der Waals surface area (Å²) >= 11 is 3.55. The van der Waals surface area contributed by atoms with Crippen LogP contribution in [-0.2, 0) is 5.41 Å². The van der Waals surface area contributed by atoms with Gasteiger partial charge in [-0.2, -0.15) is 0 Å². The number of nitrogens with two attached hydrogens (primary N) is 1. The highest BCUT2D eigenvalue weighted by Crippen LogP contribution is 2.40. The smallest absolute Gasteiger partial charge is 0.117 e. The van der Waals surface area contributed by atoms with Crippen molar-refractivity contribution in [3.05, 3.63) is 28.5 Å². The summed E-state index contributed by atoms with van der Waals surface area (Å²) in [6.07, 6.45) is 4.71. The zero-order valence-corrected chi connectivity index (χ0v) is 14.7. The average Bonchev–Trinajstić information content (AvgIpc) is 2.81. The Bertz CT molecular complexity index is 661. The van der Waals surface area contributed by atoms with E-state index in [-0.39, 0.29) is 11.5 Å². The number of hydrogen-bond acceptors (Lipinski definition) is 2. The molecular formula is C17H24BrN3. The Labute approximate surface area is 135 Å². The van der Waals surface area contributed by atoms with Crippen molar-refractivity contribution >= 4 is 27.0 Å². The summed E-state index contributed by atoms with van der Waals surface area (Å²) in [6, 6.07) is 6.94. The normalized spacial score (nSPS) is 26.7. The molecule has 21 heavy (non-hydrogen) atoms. The third kappa shape index (κ3) is 2.42. The lowest BCUT2D eigenvalue weighted by Crippen LogP contribution is -2.47. The molecule has 0 spiro atoms. The van der Waals surface area contributed by atoms with Crippen LogP contribution in [0.15, 0.2) is 22.7 Å². The predicted molar refractivity (Wildman–Crippen MR) is 91.6 cm³/mol. The van der Waals surface area contributed by atoms with Gasteiger partial charge in [0.25, 0.3) is 0 Å². The fourth-order valence-corrected chi connectivity index (χ4v) is 3.98. The van der Waals surface area contributed by atoms with Gasteiger partial charge in [-0.15, -0.1) is 0 Å². The highest BCUT2D eigenvalue weighted by molar-refractivity contribution is 9.10. The fourth-order valence-electron chi connectivity index (χ4n) is 3.64. The molecule has 1 saturated carbocycles. The first-order chi connectivity index (χ1) is 9.93. The zero-order chi connectivity index (χ0) is 15.2. The van der Waals surface area contributed by atoms with Crippen molar-refractivity contribution in [3.8, 4) is 0 Å². The van der Waals surface area contributed by atoms with Crippen LogP contribution < -0.4 is 5.73 Å². The first-order valence-electron chi connectivity index (χ1n) is 7.87. The molecule has 0 aliphatic heterocycles. The van der Waals surface area contributed by atoms with Crippen molar-refractivity contribution in [3.63, 3.8) is 0 Å². The van der Waals surface area contributed by atoms with Gasteiger partial charge in [0.1, 0.15) is 5.82 Å². The van der Waals surface area contributed by atoms with E-state index in [1.165, 1.54) is 18.4 Å². The van der Waals surface area contributed by atoms with Gasteiger partial charge < -0.3 is 10.3 Å². The molecule has 1 heterocycles. The molecule has 2 atom stereocenters. The molecule has 2 unspecified atom stereocenters. The molecule has 0 radical (unpaired) electrons. The Kier molecular flexibility index (Phi) is 3.87. The maximum atomic E-state index is 6.50. The summed E-state index contributed by atoms with van der Waals surface area (Å²) in [5, 5.41) is 0. The van der Waals surface area contributed by atoms with Crippen molar-refractivity contribution < 1.29 is 0 Å². The highest BCUT2D eigenvalue weighted by atomic mass is 79.9. The molecule has 1 aliphatic carbocycles. The number of rotatable bonds is 2. The number of fused-ring (bicyclic) bond motifs is 1. The molecule has 0 amide bonds. The van der Waals surface area contributed by atoms with Crippen LogP contribution in [0.3, 0.4) is 0 Å². The lowest BCUT2D eigenvalue weighted by atomic mass is 9.71. The van der Waals surface area contributed by atoms with Crippen molar-refractivity contribution in [1.82, 2.24) is 9.55 Å². The maximum absolute atomic E-state index is 6.50. The van der Waals surface area contributed by atoms with Crippen LogP contribution in [0.5, 0.6) is 0 Å². The Morgan fingerprint density at radius 1 is 1.38 bits per heavy atom. The third-order valence-corrected chi connectivity index (χ3v) is 5.45. The van der Waals surface area contributed by atoms with E-state index >= 15 is 0 Å². The van der Waals surface area contributed by atoms with E-state index < -0.39 is 0 Å². The van der Waals surface area contributed by atoms with Crippen molar-refractivity contribution in [2.24, 2.45) is 5.73 Å². The number of benzene rings is 1. The van der Waals surface area contributed by atoms with Crippen LogP contribution in [0.4, 0.5) is 0 Å². The van der Waals surface area contributed by atoms with Crippen LogP contribution in [0, 0.1) is 0 Å². The van der Waals surface area contributed by atoms with Crippen molar-refractivity contribution in [2.75, 3.05) is 0 Å². The number of aromatic nitrogens is 2. The molecule has 1 aromatic carbocycles. The lowest BCUT2D eigenvalue weighted by molar-refractivity contribution is 0.249. The second-order valence-electron chi connectivity index (χ2n) is 6.80. The predicted octanol–water partition coefficient (Wildman–Crippen LogP) is 4.54. The van der Waals surface area contributed by atoms with E-state index in [0.717, 1.165) is 28.7 Å².